The Morgan fingerprint density at radius 1 is 1.11 bits per heavy atom. The number of hydrogen-bond acceptors (Lipinski definition) is 7. The van der Waals surface area contributed by atoms with Gasteiger partial charge in [0.1, 0.15) is 11.6 Å². The molecule has 2 fully saturated rings. The van der Waals surface area contributed by atoms with E-state index in [1.54, 1.807) is 0 Å². The lowest BCUT2D eigenvalue weighted by atomic mass is 9.90. The number of likely N-dealkylation sites (tertiary alicyclic amines) is 1. The molecule has 2 aliphatic rings. The second-order valence-corrected chi connectivity index (χ2v) is 11.3. The van der Waals surface area contributed by atoms with Gasteiger partial charge in [-0.3, -0.25) is 14.5 Å². The molecule has 38 heavy (non-hydrogen) atoms. The van der Waals surface area contributed by atoms with Crippen LogP contribution in [0.5, 0.6) is 0 Å². The molecule has 0 saturated carbocycles. The summed E-state index contributed by atoms with van der Waals surface area (Å²) in [5, 5.41) is 12.3. The largest absolute Gasteiger partial charge is 0.459 e. The minimum Gasteiger partial charge on any atom is -0.459 e. The van der Waals surface area contributed by atoms with Gasteiger partial charge in [-0.25, -0.2) is 0 Å². The van der Waals surface area contributed by atoms with E-state index in [9.17, 15) is 14.7 Å². The number of aliphatic hydroxyl groups excluding tert-OH is 1. The third kappa shape index (κ3) is 6.99. The zero-order valence-electron chi connectivity index (χ0n) is 23.0. The SMILES string of the molecule is CC(=O)Nc1cccc([C@@H]2O[C@H](CN3CCC[C@H]3C(=O)OC(C)(C)C)[C@H](C)[C@H](c3ccc(CO)cc3)O2)c1. The molecule has 0 spiro atoms. The van der Waals surface area contributed by atoms with Gasteiger partial charge in [0, 0.05) is 30.6 Å². The summed E-state index contributed by atoms with van der Waals surface area (Å²) in [6, 6.07) is 15.0. The predicted octanol–water partition coefficient (Wildman–Crippen LogP) is 4.73. The molecule has 8 nitrogen and oxygen atoms in total. The lowest BCUT2D eigenvalue weighted by Crippen LogP contribution is -2.48. The van der Waals surface area contributed by atoms with Crippen LogP contribution in [0.2, 0.25) is 0 Å². The molecule has 0 unspecified atom stereocenters. The van der Waals surface area contributed by atoms with E-state index >= 15 is 0 Å². The van der Waals surface area contributed by atoms with Crippen molar-refractivity contribution in [2.24, 2.45) is 5.92 Å². The topological polar surface area (TPSA) is 97.3 Å². The molecule has 4 rings (SSSR count). The van der Waals surface area contributed by atoms with Crippen LogP contribution in [0.15, 0.2) is 48.5 Å². The van der Waals surface area contributed by atoms with Gasteiger partial charge in [0.25, 0.3) is 0 Å². The molecular weight excluding hydrogens is 484 g/mol. The maximum absolute atomic E-state index is 13.0. The Kier molecular flexibility index (Phi) is 8.88. The van der Waals surface area contributed by atoms with Gasteiger partial charge in [0.2, 0.25) is 5.91 Å². The first kappa shape index (κ1) is 28.2. The Balaban J connectivity index is 1.60. The Morgan fingerprint density at radius 2 is 1.84 bits per heavy atom. The third-order valence-corrected chi connectivity index (χ3v) is 7.06. The fourth-order valence-corrected chi connectivity index (χ4v) is 5.21. The molecule has 0 aliphatic carbocycles. The summed E-state index contributed by atoms with van der Waals surface area (Å²) < 4.78 is 18.8. The smallest absolute Gasteiger partial charge is 0.323 e. The van der Waals surface area contributed by atoms with Crippen LogP contribution in [0, 0.1) is 5.92 Å². The fraction of sp³-hybridized carbons (Fsp3) is 0.533. The van der Waals surface area contributed by atoms with Crippen molar-refractivity contribution in [2.75, 3.05) is 18.4 Å². The molecule has 0 aromatic heterocycles. The number of nitrogens with one attached hydrogen (secondary N) is 1. The number of rotatable bonds is 7. The van der Waals surface area contributed by atoms with Crippen molar-refractivity contribution in [2.45, 2.75) is 84.2 Å². The van der Waals surface area contributed by atoms with E-state index < -0.39 is 11.9 Å². The van der Waals surface area contributed by atoms with E-state index in [2.05, 4.69) is 17.1 Å². The van der Waals surface area contributed by atoms with Crippen LogP contribution >= 0.6 is 0 Å². The first-order valence-electron chi connectivity index (χ1n) is 13.4. The van der Waals surface area contributed by atoms with Crippen LogP contribution in [-0.2, 0) is 30.4 Å². The van der Waals surface area contributed by atoms with Gasteiger partial charge < -0.3 is 24.6 Å². The van der Waals surface area contributed by atoms with Crippen LogP contribution < -0.4 is 5.32 Å². The van der Waals surface area contributed by atoms with Gasteiger partial charge >= 0.3 is 5.97 Å². The van der Waals surface area contributed by atoms with Crippen LogP contribution in [0.1, 0.15) is 76.5 Å². The monoisotopic (exact) mass is 524 g/mol. The number of ether oxygens (including phenoxy) is 3. The van der Waals surface area contributed by atoms with Crippen molar-refractivity contribution in [3.05, 3.63) is 65.2 Å². The molecule has 0 radical (unpaired) electrons. The maximum Gasteiger partial charge on any atom is 0.323 e. The molecule has 2 saturated heterocycles. The molecule has 2 heterocycles. The summed E-state index contributed by atoms with van der Waals surface area (Å²) in [6.45, 7) is 10.6. The summed E-state index contributed by atoms with van der Waals surface area (Å²) in [7, 11) is 0. The molecule has 8 heteroatoms. The highest BCUT2D eigenvalue weighted by Crippen LogP contribution is 2.42. The van der Waals surface area contributed by atoms with Gasteiger partial charge in [-0.2, -0.15) is 0 Å². The highest BCUT2D eigenvalue weighted by Gasteiger charge is 2.42. The van der Waals surface area contributed by atoms with Gasteiger partial charge in [0.15, 0.2) is 6.29 Å². The number of anilines is 1. The van der Waals surface area contributed by atoms with Crippen LogP contribution in [-0.4, -0.2) is 52.7 Å². The zero-order valence-corrected chi connectivity index (χ0v) is 23.0. The number of hydrogen-bond donors (Lipinski definition) is 2. The molecule has 2 aliphatic heterocycles. The van der Waals surface area contributed by atoms with Crippen molar-refractivity contribution < 1.29 is 28.9 Å². The lowest BCUT2D eigenvalue weighted by Gasteiger charge is -2.43. The standard InChI is InChI=1S/C30H40N2O6/c1-19-26(17-32-15-7-10-25(32)28(35)38-30(3,4)5)36-29(23-8-6-9-24(16-23)31-20(2)34)37-27(19)22-13-11-21(18-33)12-14-22/h6,8-9,11-14,16,19,25-27,29,33H,7,10,15,17-18H2,1-5H3,(H,31,34)/t19-,25-,26+,27+,29+/m0/s1. The number of aliphatic hydroxyl groups is 1. The first-order chi connectivity index (χ1) is 18.0. The Hall–Kier alpha value is -2.78. The average molecular weight is 525 g/mol. The number of nitrogens with zero attached hydrogens (tertiary/aromatic N) is 1. The summed E-state index contributed by atoms with van der Waals surface area (Å²) in [5.41, 5.74) is 2.77. The quantitative estimate of drug-likeness (QED) is 0.505. The second-order valence-electron chi connectivity index (χ2n) is 11.3. The minimum atomic E-state index is -0.657. The van der Waals surface area contributed by atoms with E-state index in [-0.39, 0.29) is 42.7 Å². The minimum absolute atomic E-state index is 0.00959. The predicted molar refractivity (Wildman–Crippen MR) is 144 cm³/mol. The molecule has 2 aromatic rings. The van der Waals surface area contributed by atoms with Gasteiger partial charge in [-0.1, -0.05) is 43.3 Å². The van der Waals surface area contributed by atoms with E-state index in [0.29, 0.717) is 12.2 Å². The maximum atomic E-state index is 13.0. The van der Waals surface area contributed by atoms with Crippen molar-refractivity contribution in [3.63, 3.8) is 0 Å². The van der Waals surface area contributed by atoms with Gasteiger partial charge in [-0.15, -0.1) is 0 Å². The first-order valence-corrected chi connectivity index (χ1v) is 13.4. The summed E-state index contributed by atoms with van der Waals surface area (Å²) in [6.07, 6.45) is 0.550. The number of amides is 1. The zero-order chi connectivity index (χ0) is 27.4. The van der Waals surface area contributed by atoms with Crippen LogP contribution in [0.25, 0.3) is 0 Å². The summed E-state index contributed by atoms with van der Waals surface area (Å²) >= 11 is 0. The Morgan fingerprint density at radius 3 is 2.50 bits per heavy atom. The van der Waals surface area contributed by atoms with Crippen molar-refractivity contribution in [1.82, 2.24) is 4.90 Å². The molecule has 1 amide bonds. The van der Waals surface area contributed by atoms with Crippen molar-refractivity contribution >= 4 is 17.6 Å². The molecule has 206 valence electrons. The Bertz CT molecular complexity index is 1110. The molecular formula is C30H40N2O6. The van der Waals surface area contributed by atoms with E-state index in [4.69, 9.17) is 14.2 Å². The molecule has 5 atom stereocenters. The fourth-order valence-electron chi connectivity index (χ4n) is 5.21. The number of esters is 1. The lowest BCUT2D eigenvalue weighted by molar-refractivity contribution is -0.276. The summed E-state index contributed by atoms with van der Waals surface area (Å²) in [5.74, 6) is -0.349. The second kappa shape index (κ2) is 11.9. The normalized spacial score (nSPS) is 26.2. The van der Waals surface area contributed by atoms with E-state index in [0.717, 1.165) is 36.1 Å². The van der Waals surface area contributed by atoms with Crippen molar-refractivity contribution in [3.8, 4) is 0 Å². The van der Waals surface area contributed by atoms with Crippen molar-refractivity contribution in [1.29, 1.82) is 0 Å². The van der Waals surface area contributed by atoms with Gasteiger partial charge in [-0.05, 0) is 63.4 Å². The molecule has 2 aromatic carbocycles. The summed E-state index contributed by atoms with van der Waals surface area (Å²) in [4.78, 5) is 26.8. The van der Waals surface area contributed by atoms with Crippen LogP contribution in [0.4, 0.5) is 5.69 Å². The highest BCUT2D eigenvalue weighted by molar-refractivity contribution is 5.88. The van der Waals surface area contributed by atoms with Crippen LogP contribution in [0.3, 0.4) is 0 Å². The number of benzene rings is 2. The molecule has 2 N–H and O–H groups in total. The van der Waals surface area contributed by atoms with E-state index in [1.165, 1.54) is 6.92 Å². The number of carbonyl (C=O) groups excluding carboxylic acids is 2. The molecule has 0 bridgehead atoms. The Labute approximate surface area is 225 Å². The number of carbonyl (C=O) groups is 2. The van der Waals surface area contributed by atoms with Gasteiger partial charge in [0.05, 0.1) is 18.8 Å². The third-order valence-electron chi connectivity index (χ3n) is 7.06. The van der Waals surface area contributed by atoms with E-state index in [1.807, 2.05) is 69.3 Å². The highest BCUT2D eigenvalue weighted by atomic mass is 16.7. The average Bonchev–Trinajstić information content (AvgIpc) is 3.32.